The number of benzene rings is 2. The monoisotopic (exact) mass is 377 g/mol. The summed E-state index contributed by atoms with van der Waals surface area (Å²) >= 11 is 5.12. The number of nitrogens with zero attached hydrogens (tertiary/aromatic N) is 1. The second kappa shape index (κ2) is 7.73. The van der Waals surface area contributed by atoms with Crippen molar-refractivity contribution in [2.75, 3.05) is 19.4 Å². The fraction of sp³-hybridized carbons (Fsp3) is 0.176. The molecule has 0 saturated heterocycles. The van der Waals surface area contributed by atoms with E-state index in [0.717, 1.165) is 9.87 Å². The van der Waals surface area contributed by atoms with E-state index in [9.17, 15) is 13.2 Å². The van der Waals surface area contributed by atoms with Gasteiger partial charge in [-0.1, -0.05) is 17.7 Å². The quantitative estimate of drug-likeness (QED) is 0.800. The largest absolute Gasteiger partial charge is 0.332 e. The lowest BCUT2D eigenvalue weighted by atomic mass is 10.1. The van der Waals surface area contributed by atoms with Crippen LogP contribution >= 0.6 is 12.2 Å². The van der Waals surface area contributed by atoms with Gasteiger partial charge < -0.3 is 5.32 Å². The summed E-state index contributed by atoms with van der Waals surface area (Å²) in [6.45, 7) is 1.90. The predicted octanol–water partition coefficient (Wildman–Crippen LogP) is 2.37. The molecule has 8 heteroatoms. The molecule has 0 saturated carbocycles. The smallest absolute Gasteiger partial charge is 0.257 e. The van der Waals surface area contributed by atoms with Gasteiger partial charge in [0.05, 0.1) is 4.90 Å². The first-order valence-electron chi connectivity index (χ1n) is 7.42. The Morgan fingerprint density at radius 2 is 1.72 bits per heavy atom. The van der Waals surface area contributed by atoms with E-state index in [2.05, 4.69) is 10.6 Å². The van der Waals surface area contributed by atoms with Gasteiger partial charge in [0.15, 0.2) is 5.11 Å². The Kier molecular flexibility index (Phi) is 5.89. The molecule has 2 aromatic rings. The minimum Gasteiger partial charge on any atom is -0.332 e. The summed E-state index contributed by atoms with van der Waals surface area (Å²) in [4.78, 5) is 12.3. The van der Waals surface area contributed by atoms with Crippen LogP contribution < -0.4 is 10.6 Å². The lowest BCUT2D eigenvalue weighted by Gasteiger charge is -2.13. The normalized spacial score (nSPS) is 11.2. The van der Waals surface area contributed by atoms with Crippen LogP contribution in [0.2, 0.25) is 0 Å². The molecule has 25 heavy (non-hydrogen) atoms. The van der Waals surface area contributed by atoms with Crippen molar-refractivity contribution in [1.82, 2.24) is 9.62 Å². The van der Waals surface area contributed by atoms with Gasteiger partial charge in [0.1, 0.15) is 0 Å². The van der Waals surface area contributed by atoms with E-state index in [-0.39, 0.29) is 15.9 Å². The SMILES string of the molecule is Cc1cccc(C(=O)NC(=S)Nc2ccc(S(=O)(=O)N(C)C)cc2)c1. The third kappa shape index (κ3) is 4.85. The fourth-order valence-electron chi connectivity index (χ4n) is 2.04. The van der Waals surface area contributed by atoms with Gasteiger partial charge in [0.2, 0.25) is 10.0 Å². The van der Waals surface area contributed by atoms with Crippen LogP contribution in [0.25, 0.3) is 0 Å². The molecule has 0 spiro atoms. The van der Waals surface area contributed by atoms with E-state index in [1.54, 1.807) is 30.3 Å². The van der Waals surface area contributed by atoms with Gasteiger partial charge in [0, 0.05) is 25.3 Å². The number of amides is 1. The van der Waals surface area contributed by atoms with E-state index in [4.69, 9.17) is 12.2 Å². The Morgan fingerprint density at radius 1 is 1.08 bits per heavy atom. The van der Waals surface area contributed by atoms with Gasteiger partial charge in [-0.2, -0.15) is 0 Å². The van der Waals surface area contributed by atoms with Crippen LogP contribution in [0, 0.1) is 6.92 Å². The van der Waals surface area contributed by atoms with Crippen molar-refractivity contribution in [3.05, 3.63) is 59.7 Å². The van der Waals surface area contributed by atoms with Crippen LogP contribution in [-0.4, -0.2) is 37.8 Å². The van der Waals surface area contributed by atoms with Crippen LogP contribution in [0.15, 0.2) is 53.4 Å². The predicted molar refractivity (Wildman–Crippen MR) is 102 cm³/mol. The van der Waals surface area contributed by atoms with Crippen molar-refractivity contribution in [2.24, 2.45) is 0 Å². The zero-order chi connectivity index (χ0) is 18.6. The van der Waals surface area contributed by atoms with E-state index in [0.29, 0.717) is 11.3 Å². The molecule has 1 amide bonds. The second-order valence-electron chi connectivity index (χ2n) is 5.59. The highest BCUT2D eigenvalue weighted by atomic mass is 32.2. The molecule has 2 rings (SSSR count). The summed E-state index contributed by atoms with van der Waals surface area (Å²) in [6, 6.07) is 13.3. The molecule has 6 nitrogen and oxygen atoms in total. The Morgan fingerprint density at radius 3 is 2.28 bits per heavy atom. The van der Waals surface area contributed by atoms with Crippen LogP contribution in [0.4, 0.5) is 5.69 Å². The van der Waals surface area contributed by atoms with Crippen LogP contribution in [0.1, 0.15) is 15.9 Å². The van der Waals surface area contributed by atoms with Crippen molar-refractivity contribution in [2.45, 2.75) is 11.8 Å². The molecule has 0 aromatic heterocycles. The van der Waals surface area contributed by atoms with E-state index in [1.807, 2.05) is 13.0 Å². The maximum Gasteiger partial charge on any atom is 0.257 e. The summed E-state index contributed by atoms with van der Waals surface area (Å²) in [7, 11) is -0.539. The lowest BCUT2D eigenvalue weighted by molar-refractivity contribution is 0.0977. The van der Waals surface area contributed by atoms with Gasteiger partial charge in [-0.05, 0) is 55.5 Å². The van der Waals surface area contributed by atoms with Crippen molar-refractivity contribution >= 4 is 38.9 Å². The standard InChI is InChI=1S/C17H19N3O3S2/c1-12-5-4-6-13(11-12)16(21)19-17(24)18-14-7-9-15(10-8-14)25(22,23)20(2)3/h4-11H,1-3H3,(H2,18,19,21,24). The summed E-state index contributed by atoms with van der Waals surface area (Å²) < 4.78 is 25.2. The Balaban J connectivity index is 2.02. The van der Waals surface area contributed by atoms with Gasteiger partial charge >= 0.3 is 0 Å². The zero-order valence-electron chi connectivity index (χ0n) is 14.1. The van der Waals surface area contributed by atoms with Gasteiger partial charge in [-0.3, -0.25) is 10.1 Å². The number of carbonyl (C=O) groups excluding carboxylic acids is 1. The molecule has 0 atom stereocenters. The topological polar surface area (TPSA) is 78.5 Å². The Bertz CT molecular complexity index is 892. The number of carbonyl (C=O) groups is 1. The Hall–Kier alpha value is -2.29. The number of rotatable bonds is 4. The number of anilines is 1. The zero-order valence-corrected chi connectivity index (χ0v) is 15.7. The summed E-state index contributed by atoms with van der Waals surface area (Å²) in [6.07, 6.45) is 0. The number of thiocarbonyl (C=S) groups is 1. The molecule has 0 fully saturated rings. The Labute approximate surface area is 152 Å². The first-order chi connectivity index (χ1) is 11.7. The second-order valence-corrected chi connectivity index (χ2v) is 8.15. The number of aryl methyl sites for hydroxylation is 1. The fourth-order valence-corrected chi connectivity index (χ4v) is 3.16. The van der Waals surface area contributed by atoms with Crippen molar-refractivity contribution in [3.8, 4) is 0 Å². The van der Waals surface area contributed by atoms with Crippen LogP contribution in [-0.2, 0) is 10.0 Å². The molecule has 0 heterocycles. The minimum atomic E-state index is -3.48. The molecule has 0 aliphatic heterocycles. The highest BCUT2D eigenvalue weighted by Crippen LogP contribution is 2.16. The van der Waals surface area contributed by atoms with E-state index in [1.165, 1.54) is 26.2 Å². The van der Waals surface area contributed by atoms with Crippen LogP contribution in [0.3, 0.4) is 0 Å². The molecular formula is C17H19N3O3S2. The number of hydrogen-bond acceptors (Lipinski definition) is 4. The molecule has 0 aliphatic rings. The molecule has 0 bridgehead atoms. The molecule has 0 unspecified atom stereocenters. The van der Waals surface area contributed by atoms with Crippen molar-refractivity contribution in [1.29, 1.82) is 0 Å². The maximum atomic E-state index is 12.1. The first-order valence-corrected chi connectivity index (χ1v) is 9.26. The highest BCUT2D eigenvalue weighted by molar-refractivity contribution is 7.89. The number of sulfonamides is 1. The number of nitrogens with one attached hydrogen (secondary N) is 2. The first kappa shape index (κ1) is 19.0. The molecule has 132 valence electrons. The third-order valence-corrected chi connectivity index (χ3v) is 5.43. The van der Waals surface area contributed by atoms with Crippen molar-refractivity contribution in [3.63, 3.8) is 0 Å². The third-order valence-electron chi connectivity index (χ3n) is 3.40. The average molecular weight is 377 g/mol. The van der Waals surface area contributed by atoms with Crippen molar-refractivity contribution < 1.29 is 13.2 Å². The highest BCUT2D eigenvalue weighted by Gasteiger charge is 2.16. The summed E-state index contributed by atoms with van der Waals surface area (Å²) in [5.74, 6) is -0.312. The molecule has 2 N–H and O–H groups in total. The lowest BCUT2D eigenvalue weighted by Crippen LogP contribution is -2.34. The van der Waals surface area contributed by atoms with Gasteiger partial charge in [0.25, 0.3) is 5.91 Å². The summed E-state index contributed by atoms with van der Waals surface area (Å²) in [5, 5.41) is 5.58. The molecule has 2 aromatic carbocycles. The van der Waals surface area contributed by atoms with E-state index >= 15 is 0 Å². The minimum absolute atomic E-state index is 0.134. The molecule has 0 aliphatic carbocycles. The van der Waals surface area contributed by atoms with E-state index < -0.39 is 10.0 Å². The van der Waals surface area contributed by atoms with Gasteiger partial charge in [-0.25, -0.2) is 12.7 Å². The van der Waals surface area contributed by atoms with Gasteiger partial charge in [-0.15, -0.1) is 0 Å². The van der Waals surface area contributed by atoms with Crippen LogP contribution in [0.5, 0.6) is 0 Å². The number of hydrogen-bond donors (Lipinski definition) is 2. The molecule has 0 radical (unpaired) electrons. The molecular weight excluding hydrogens is 358 g/mol. The maximum absolute atomic E-state index is 12.1. The average Bonchev–Trinajstić information content (AvgIpc) is 2.55. The summed E-state index contributed by atoms with van der Waals surface area (Å²) in [5.41, 5.74) is 2.06.